The van der Waals surface area contributed by atoms with Crippen LogP contribution in [0.15, 0.2) is 35.2 Å². The zero-order valence-corrected chi connectivity index (χ0v) is 19.9. The molecule has 3 rings (SSSR count). The first-order valence-electron chi connectivity index (χ1n) is 11.9. The highest BCUT2D eigenvalue weighted by molar-refractivity contribution is 5.69. The number of furan rings is 1. The van der Waals surface area contributed by atoms with Crippen LogP contribution in [0.1, 0.15) is 71.8 Å². The number of hydrogen-bond donors (Lipinski definition) is 1. The predicted molar refractivity (Wildman–Crippen MR) is 121 cm³/mol. The quantitative estimate of drug-likeness (QED) is 0.454. The van der Waals surface area contributed by atoms with E-state index in [9.17, 15) is 14.7 Å². The summed E-state index contributed by atoms with van der Waals surface area (Å²) in [6.07, 6.45) is 6.82. The van der Waals surface area contributed by atoms with Crippen molar-refractivity contribution in [3.8, 4) is 0 Å². The lowest BCUT2D eigenvalue weighted by Gasteiger charge is -2.61. The van der Waals surface area contributed by atoms with Crippen molar-refractivity contribution >= 4 is 11.9 Å². The Bertz CT molecular complexity index is 814. The van der Waals surface area contributed by atoms with Crippen LogP contribution in [0.25, 0.3) is 0 Å². The fourth-order valence-corrected chi connectivity index (χ4v) is 6.14. The molecule has 1 aromatic rings. The smallest absolute Gasteiger partial charge is 0.305 e. The summed E-state index contributed by atoms with van der Waals surface area (Å²) in [6, 6.07) is 1.97. The average Bonchev–Trinajstić information content (AvgIpc) is 3.29. The van der Waals surface area contributed by atoms with Gasteiger partial charge in [0.15, 0.2) is 0 Å². The van der Waals surface area contributed by atoms with Crippen molar-refractivity contribution in [3.63, 3.8) is 0 Å². The van der Waals surface area contributed by atoms with Crippen LogP contribution in [0.4, 0.5) is 0 Å². The van der Waals surface area contributed by atoms with Gasteiger partial charge in [0, 0.05) is 18.3 Å². The highest BCUT2D eigenvalue weighted by Crippen LogP contribution is 2.62. The van der Waals surface area contributed by atoms with Crippen LogP contribution >= 0.6 is 0 Å². The maximum atomic E-state index is 12.2. The van der Waals surface area contributed by atoms with Gasteiger partial charge < -0.3 is 19.0 Å². The number of fused-ring (bicyclic) bond motifs is 1. The Morgan fingerprint density at radius 1 is 1.25 bits per heavy atom. The Balaban J connectivity index is 1.93. The van der Waals surface area contributed by atoms with E-state index < -0.39 is 11.5 Å². The molecule has 0 aromatic carbocycles. The number of aryl methyl sites for hydroxylation is 1. The molecule has 0 bridgehead atoms. The summed E-state index contributed by atoms with van der Waals surface area (Å²) in [5.74, 6) is -0.395. The summed E-state index contributed by atoms with van der Waals surface area (Å²) < 4.78 is 16.8. The second-order valence-corrected chi connectivity index (χ2v) is 10.00. The Morgan fingerprint density at radius 2 is 1.97 bits per heavy atom. The summed E-state index contributed by atoms with van der Waals surface area (Å²) in [7, 11) is 0. The topological polar surface area (TPSA) is 86.0 Å². The van der Waals surface area contributed by atoms with Crippen molar-refractivity contribution < 1.29 is 28.6 Å². The van der Waals surface area contributed by atoms with Gasteiger partial charge in [-0.3, -0.25) is 9.59 Å². The fourth-order valence-electron chi connectivity index (χ4n) is 6.14. The van der Waals surface area contributed by atoms with E-state index in [2.05, 4.69) is 20.4 Å². The fraction of sp³-hybridized carbons (Fsp3) is 0.692. The Hall–Kier alpha value is -2.08. The third-order valence-corrected chi connectivity index (χ3v) is 8.10. The minimum absolute atomic E-state index is 0.0120. The summed E-state index contributed by atoms with van der Waals surface area (Å²) in [5.41, 5.74) is 1.27. The molecular weight excluding hydrogens is 408 g/mol. The van der Waals surface area contributed by atoms with Crippen LogP contribution < -0.4 is 0 Å². The standard InChI is InChI=1S/C26H38O6/c1-6-23(28)31-16-26(5)21-14-20(27)17(3)19(9-8-18-11-13-30-15-18)25(21,4)12-10-22(26)32-24(29)7-2/h11,13,15,19-22,27H,3,6-10,12,14,16H2,1-2,4-5H3/t19-,20-,21+,22-,25+,26+/m1/s1. The number of carbonyl (C=O) groups excluding carboxylic acids is 2. The SMILES string of the molecule is C=C1[C@H](O)C[C@@H]2[C@](C)(COC(=O)CC)[C@H](OC(=O)CC)CC[C@@]2(C)[C@@H]1CCc1ccoc1. The van der Waals surface area contributed by atoms with Gasteiger partial charge in [-0.25, -0.2) is 0 Å². The summed E-state index contributed by atoms with van der Waals surface area (Å²) in [4.78, 5) is 24.2. The van der Waals surface area contributed by atoms with Crippen molar-refractivity contribution in [2.24, 2.45) is 22.7 Å². The Kier molecular flexibility index (Phi) is 7.53. The molecule has 178 valence electrons. The molecule has 0 amide bonds. The van der Waals surface area contributed by atoms with Crippen molar-refractivity contribution in [2.75, 3.05) is 6.61 Å². The number of ether oxygens (including phenoxy) is 2. The van der Waals surface area contributed by atoms with E-state index >= 15 is 0 Å². The van der Waals surface area contributed by atoms with Gasteiger partial charge in [0.25, 0.3) is 0 Å². The number of aliphatic hydroxyl groups excluding tert-OH is 1. The largest absolute Gasteiger partial charge is 0.472 e. The second-order valence-electron chi connectivity index (χ2n) is 10.00. The van der Waals surface area contributed by atoms with Gasteiger partial charge in [0.05, 0.1) is 18.6 Å². The van der Waals surface area contributed by atoms with Gasteiger partial charge in [-0.2, -0.15) is 0 Å². The Morgan fingerprint density at radius 3 is 2.59 bits per heavy atom. The molecule has 6 nitrogen and oxygen atoms in total. The first-order valence-corrected chi connectivity index (χ1v) is 11.9. The van der Waals surface area contributed by atoms with Gasteiger partial charge in [-0.1, -0.05) is 34.3 Å². The molecule has 1 N–H and O–H groups in total. The van der Waals surface area contributed by atoms with Crippen molar-refractivity contribution in [3.05, 3.63) is 36.3 Å². The lowest BCUT2D eigenvalue weighted by molar-refractivity contribution is -0.198. The molecule has 6 atom stereocenters. The molecule has 1 heterocycles. The lowest BCUT2D eigenvalue weighted by Crippen LogP contribution is -2.60. The molecule has 1 aromatic heterocycles. The molecule has 2 aliphatic carbocycles. The van der Waals surface area contributed by atoms with E-state index in [-0.39, 0.29) is 41.9 Å². The molecule has 0 saturated heterocycles. The average molecular weight is 447 g/mol. The monoisotopic (exact) mass is 446 g/mol. The number of hydrogen-bond acceptors (Lipinski definition) is 6. The normalized spacial score (nSPS) is 34.6. The molecule has 0 unspecified atom stereocenters. The zero-order chi connectivity index (χ0) is 23.5. The van der Waals surface area contributed by atoms with E-state index in [0.29, 0.717) is 25.7 Å². The van der Waals surface area contributed by atoms with Gasteiger partial charge in [-0.05, 0) is 66.6 Å². The first kappa shape index (κ1) is 24.6. The van der Waals surface area contributed by atoms with E-state index in [0.717, 1.165) is 30.4 Å². The van der Waals surface area contributed by atoms with Crippen LogP contribution in [-0.4, -0.2) is 35.9 Å². The van der Waals surface area contributed by atoms with Crippen molar-refractivity contribution in [1.29, 1.82) is 0 Å². The van der Waals surface area contributed by atoms with Gasteiger partial charge in [0.2, 0.25) is 0 Å². The van der Waals surface area contributed by atoms with Crippen LogP contribution in [0.5, 0.6) is 0 Å². The third-order valence-electron chi connectivity index (χ3n) is 8.10. The zero-order valence-electron chi connectivity index (χ0n) is 19.9. The van der Waals surface area contributed by atoms with Crippen LogP contribution in [0.2, 0.25) is 0 Å². The van der Waals surface area contributed by atoms with Gasteiger partial charge in [0.1, 0.15) is 12.7 Å². The van der Waals surface area contributed by atoms with Crippen LogP contribution in [0, 0.1) is 22.7 Å². The lowest BCUT2D eigenvalue weighted by atomic mass is 9.45. The first-order chi connectivity index (χ1) is 15.2. The van der Waals surface area contributed by atoms with E-state index in [1.165, 1.54) is 0 Å². The molecule has 6 heteroatoms. The van der Waals surface area contributed by atoms with E-state index in [4.69, 9.17) is 13.9 Å². The van der Waals surface area contributed by atoms with E-state index in [1.54, 1.807) is 26.4 Å². The molecule has 2 fully saturated rings. The summed E-state index contributed by atoms with van der Waals surface area (Å²) in [5, 5.41) is 11.0. The number of rotatable bonds is 8. The molecule has 2 aliphatic rings. The predicted octanol–water partition coefficient (Wildman–Crippen LogP) is 4.85. The number of esters is 2. The maximum Gasteiger partial charge on any atom is 0.305 e. The molecular formula is C26H38O6. The summed E-state index contributed by atoms with van der Waals surface area (Å²) in [6.45, 7) is 12.3. The molecule has 0 aliphatic heterocycles. The highest BCUT2D eigenvalue weighted by Gasteiger charge is 2.61. The molecule has 0 spiro atoms. The molecule has 2 saturated carbocycles. The molecule has 32 heavy (non-hydrogen) atoms. The highest BCUT2D eigenvalue weighted by atomic mass is 16.6. The van der Waals surface area contributed by atoms with Crippen molar-refractivity contribution in [1.82, 2.24) is 0 Å². The van der Waals surface area contributed by atoms with E-state index in [1.807, 2.05) is 6.07 Å². The van der Waals surface area contributed by atoms with Gasteiger partial charge >= 0.3 is 11.9 Å². The minimum Gasteiger partial charge on any atom is -0.472 e. The second kappa shape index (κ2) is 9.82. The number of aliphatic hydroxyl groups is 1. The molecule has 0 radical (unpaired) electrons. The minimum atomic E-state index is -0.635. The van der Waals surface area contributed by atoms with Crippen molar-refractivity contribution in [2.45, 2.75) is 84.8 Å². The van der Waals surface area contributed by atoms with Crippen LogP contribution in [-0.2, 0) is 25.5 Å². The maximum absolute atomic E-state index is 12.2. The third kappa shape index (κ3) is 4.66. The Labute approximate surface area is 191 Å². The van der Waals surface area contributed by atoms with Gasteiger partial charge in [-0.15, -0.1) is 0 Å². The van der Waals surface area contributed by atoms with Crippen LogP contribution in [0.3, 0.4) is 0 Å². The number of carbonyl (C=O) groups is 2. The summed E-state index contributed by atoms with van der Waals surface area (Å²) >= 11 is 0.